The summed E-state index contributed by atoms with van der Waals surface area (Å²) in [6, 6.07) is 3.52. The van der Waals surface area contributed by atoms with E-state index in [2.05, 4.69) is 11.3 Å². The Morgan fingerprint density at radius 2 is 2.06 bits per heavy atom. The van der Waals surface area contributed by atoms with Crippen molar-refractivity contribution in [3.05, 3.63) is 42.0 Å². The molecule has 0 aromatic heterocycles. The quantitative estimate of drug-likeness (QED) is 0.359. The molecule has 90 valence electrons. The molecule has 0 amide bonds. The minimum atomic E-state index is -0.412. The van der Waals surface area contributed by atoms with Gasteiger partial charge < -0.3 is 16.2 Å². The summed E-state index contributed by atoms with van der Waals surface area (Å²) < 4.78 is 4.52. The SMILES string of the molecule is C=CCc1cc(N)c(N)cc1/C=C/C(=O)OC. The molecule has 0 spiro atoms. The molecule has 0 aliphatic heterocycles. The van der Waals surface area contributed by atoms with E-state index >= 15 is 0 Å². The number of anilines is 2. The van der Waals surface area contributed by atoms with Crippen LogP contribution >= 0.6 is 0 Å². The van der Waals surface area contributed by atoms with Crippen LogP contribution in [0.15, 0.2) is 30.9 Å². The highest BCUT2D eigenvalue weighted by Crippen LogP contribution is 2.23. The monoisotopic (exact) mass is 232 g/mol. The molecule has 1 aromatic rings. The van der Waals surface area contributed by atoms with Crippen molar-refractivity contribution < 1.29 is 9.53 Å². The summed E-state index contributed by atoms with van der Waals surface area (Å²) in [6.45, 7) is 3.67. The van der Waals surface area contributed by atoms with Crippen LogP contribution in [-0.4, -0.2) is 13.1 Å². The van der Waals surface area contributed by atoms with Crippen molar-refractivity contribution in [3.63, 3.8) is 0 Å². The summed E-state index contributed by atoms with van der Waals surface area (Å²) in [5, 5.41) is 0. The number of carbonyl (C=O) groups is 1. The van der Waals surface area contributed by atoms with E-state index in [1.54, 1.807) is 24.3 Å². The van der Waals surface area contributed by atoms with Gasteiger partial charge in [0, 0.05) is 6.08 Å². The molecule has 0 atom stereocenters. The van der Waals surface area contributed by atoms with Crippen molar-refractivity contribution in [3.8, 4) is 0 Å². The van der Waals surface area contributed by atoms with Crippen LogP contribution in [0.4, 0.5) is 11.4 Å². The Morgan fingerprint density at radius 1 is 1.41 bits per heavy atom. The average molecular weight is 232 g/mol. The van der Waals surface area contributed by atoms with Gasteiger partial charge in [-0.15, -0.1) is 6.58 Å². The van der Waals surface area contributed by atoms with Gasteiger partial charge in [0.15, 0.2) is 0 Å². The van der Waals surface area contributed by atoms with Gasteiger partial charge in [-0.2, -0.15) is 0 Å². The molecular formula is C13H16N2O2. The van der Waals surface area contributed by atoms with E-state index in [1.165, 1.54) is 13.2 Å². The van der Waals surface area contributed by atoms with Crippen LogP contribution in [0.2, 0.25) is 0 Å². The van der Waals surface area contributed by atoms with E-state index in [4.69, 9.17) is 11.5 Å². The second-order valence-electron chi connectivity index (χ2n) is 3.53. The molecule has 4 N–H and O–H groups in total. The van der Waals surface area contributed by atoms with Gasteiger partial charge in [-0.05, 0) is 35.8 Å². The summed E-state index contributed by atoms with van der Waals surface area (Å²) >= 11 is 0. The Balaban J connectivity index is 3.11. The van der Waals surface area contributed by atoms with Gasteiger partial charge in [-0.1, -0.05) is 6.08 Å². The molecule has 0 bridgehead atoms. The zero-order valence-electron chi connectivity index (χ0n) is 9.77. The van der Waals surface area contributed by atoms with E-state index in [9.17, 15) is 4.79 Å². The number of hydrogen-bond acceptors (Lipinski definition) is 4. The van der Waals surface area contributed by atoms with Crippen LogP contribution in [0, 0.1) is 0 Å². The molecule has 1 rings (SSSR count). The van der Waals surface area contributed by atoms with Crippen molar-refractivity contribution in [2.75, 3.05) is 18.6 Å². The Kier molecular flexibility index (Phi) is 4.34. The number of nitrogens with two attached hydrogens (primary N) is 2. The van der Waals surface area contributed by atoms with Crippen LogP contribution in [0.1, 0.15) is 11.1 Å². The Hall–Kier alpha value is -2.23. The second kappa shape index (κ2) is 5.75. The van der Waals surface area contributed by atoms with Crippen LogP contribution in [0.5, 0.6) is 0 Å². The molecule has 0 aliphatic carbocycles. The van der Waals surface area contributed by atoms with Crippen LogP contribution in [-0.2, 0) is 16.0 Å². The molecule has 0 aliphatic rings. The Bertz CT molecular complexity index is 465. The lowest BCUT2D eigenvalue weighted by molar-refractivity contribution is -0.134. The number of esters is 1. The zero-order valence-corrected chi connectivity index (χ0v) is 9.77. The topological polar surface area (TPSA) is 78.3 Å². The summed E-state index contributed by atoms with van der Waals surface area (Å²) in [5.74, 6) is -0.412. The summed E-state index contributed by atoms with van der Waals surface area (Å²) in [7, 11) is 1.33. The first-order valence-electron chi connectivity index (χ1n) is 5.13. The Labute approximate surface area is 101 Å². The highest BCUT2D eigenvalue weighted by molar-refractivity contribution is 5.88. The number of methoxy groups -OCH3 is 1. The lowest BCUT2D eigenvalue weighted by atomic mass is 10.0. The third-order valence-corrected chi connectivity index (χ3v) is 2.31. The van der Waals surface area contributed by atoms with Gasteiger partial charge >= 0.3 is 5.97 Å². The summed E-state index contributed by atoms with van der Waals surface area (Å²) in [5.41, 5.74) is 14.3. The predicted octanol–water partition coefficient (Wildman–Crippen LogP) is 1.77. The molecule has 4 nitrogen and oxygen atoms in total. The van der Waals surface area contributed by atoms with Crippen LogP contribution < -0.4 is 11.5 Å². The molecule has 0 saturated heterocycles. The number of allylic oxidation sites excluding steroid dienone is 1. The van der Waals surface area contributed by atoms with Crippen molar-refractivity contribution in [1.29, 1.82) is 0 Å². The van der Waals surface area contributed by atoms with Gasteiger partial charge in [0.05, 0.1) is 18.5 Å². The van der Waals surface area contributed by atoms with E-state index in [0.29, 0.717) is 17.8 Å². The van der Waals surface area contributed by atoms with Crippen molar-refractivity contribution >= 4 is 23.4 Å². The normalized spacial score (nSPS) is 10.4. The number of carbonyl (C=O) groups excluding carboxylic acids is 1. The van der Waals surface area contributed by atoms with E-state index in [0.717, 1.165) is 11.1 Å². The number of nitrogen functional groups attached to an aromatic ring is 2. The lowest BCUT2D eigenvalue weighted by Gasteiger charge is -2.08. The van der Waals surface area contributed by atoms with Crippen molar-refractivity contribution in [2.45, 2.75) is 6.42 Å². The van der Waals surface area contributed by atoms with Gasteiger partial charge in [-0.25, -0.2) is 4.79 Å². The van der Waals surface area contributed by atoms with E-state index in [-0.39, 0.29) is 0 Å². The largest absolute Gasteiger partial charge is 0.466 e. The molecule has 1 aromatic carbocycles. The molecular weight excluding hydrogens is 216 g/mol. The average Bonchev–Trinajstić information content (AvgIpc) is 2.31. The molecule has 4 heteroatoms. The smallest absolute Gasteiger partial charge is 0.330 e. The molecule has 0 heterocycles. The lowest BCUT2D eigenvalue weighted by Crippen LogP contribution is -1.99. The van der Waals surface area contributed by atoms with Crippen LogP contribution in [0.3, 0.4) is 0 Å². The van der Waals surface area contributed by atoms with Gasteiger partial charge in [-0.3, -0.25) is 0 Å². The third kappa shape index (κ3) is 3.38. The minimum Gasteiger partial charge on any atom is -0.466 e. The number of ether oxygens (including phenoxy) is 1. The van der Waals surface area contributed by atoms with E-state index < -0.39 is 5.97 Å². The third-order valence-electron chi connectivity index (χ3n) is 2.31. The second-order valence-corrected chi connectivity index (χ2v) is 3.53. The van der Waals surface area contributed by atoms with Gasteiger partial charge in [0.2, 0.25) is 0 Å². The maximum atomic E-state index is 11.0. The molecule has 17 heavy (non-hydrogen) atoms. The van der Waals surface area contributed by atoms with Gasteiger partial charge in [0.25, 0.3) is 0 Å². The molecule has 0 unspecified atom stereocenters. The van der Waals surface area contributed by atoms with E-state index in [1.807, 2.05) is 0 Å². The number of rotatable bonds is 4. The first-order valence-corrected chi connectivity index (χ1v) is 5.13. The van der Waals surface area contributed by atoms with Crippen molar-refractivity contribution in [2.24, 2.45) is 0 Å². The molecule has 0 radical (unpaired) electrons. The molecule has 0 saturated carbocycles. The fraction of sp³-hybridized carbons (Fsp3) is 0.154. The minimum absolute atomic E-state index is 0.412. The highest BCUT2D eigenvalue weighted by atomic mass is 16.5. The maximum Gasteiger partial charge on any atom is 0.330 e. The number of hydrogen-bond donors (Lipinski definition) is 2. The molecule has 0 fully saturated rings. The summed E-state index contributed by atoms with van der Waals surface area (Å²) in [6.07, 6.45) is 5.42. The summed E-state index contributed by atoms with van der Waals surface area (Å²) in [4.78, 5) is 11.0. The maximum absolute atomic E-state index is 11.0. The fourth-order valence-electron chi connectivity index (χ4n) is 1.41. The predicted molar refractivity (Wildman–Crippen MR) is 70.2 cm³/mol. The van der Waals surface area contributed by atoms with Gasteiger partial charge in [0.1, 0.15) is 0 Å². The van der Waals surface area contributed by atoms with Crippen molar-refractivity contribution in [1.82, 2.24) is 0 Å². The zero-order chi connectivity index (χ0) is 12.8. The number of benzene rings is 1. The Morgan fingerprint density at radius 3 is 2.65 bits per heavy atom. The van der Waals surface area contributed by atoms with Crippen LogP contribution in [0.25, 0.3) is 6.08 Å². The fourth-order valence-corrected chi connectivity index (χ4v) is 1.41. The standard InChI is InChI=1S/C13H16N2O2/c1-3-4-9-7-11(14)12(15)8-10(9)5-6-13(16)17-2/h3,5-8H,1,4,14-15H2,2H3/b6-5+. The first-order chi connectivity index (χ1) is 8.08. The highest BCUT2D eigenvalue weighted by Gasteiger charge is 2.03. The first kappa shape index (κ1) is 12.8.